The second-order valence-electron chi connectivity index (χ2n) is 8.37. The quantitative estimate of drug-likeness (QED) is 0.503. The molecule has 0 saturated carbocycles. The van der Waals surface area contributed by atoms with Crippen molar-refractivity contribution in [3.8, 4) is 5.75 Å². The van der Waals surface area contributed by atoms with Crippen molar-refractivity contribution in [1.29, 1.82) is 0 Å². The van der Waals surface area contributed by atoms with Crippen LogP contribution >= 0.6 is 0 Å². The van der Waals surface area contributed by atoms with Crippen molar-refractivity contribution in [1.82, 2.24) is 18.8 Å². The van der Waals surface area contributed by atoms with E-state index in [2.05, 4.69) is 33.4 Å². The summed E-state index contributed by atoms with van der Waals surface area (Å²) >= 11 is 0. The summed E-state index contributed by atoms with van der Waals surface area (Å²) in [5, 5.41) is 0. The van der Waals surface area contributed by atoms with E-state index in [0.717, 1.165) is 67.6 Å². The summed E-state index contributed by atoms with van der Waals surface area (Å²) in [6, 6.07) is 13.4. The molecule has 3 aromatic rings. The summed E-state index contributed by atoms with van der Waals surface area (Å²) in [6.07, 6.45) is 0. The lowest BCUT2D eigenvalue weighted by molar-refractivity contribution is 0.240. The number of hydrogen-bond acceptors (Lipinski definition) is 6. The second kappa shape index (κ2) is 9.70. The van der Waals surface area contributed by atoms with Gasteiger partial charge in [-0.15, -0.1) is 0 Å². The second-order valence-corrected chi connectivity index (χ2v) is 10.5. The van der Waals surface area contributed by atoms with Gasteiger partial charge >= 0.3 is 0 Å². The number of para-hydroxylation sites is 2. The van der Waals surface area contributed by atoms with Crippen molar-refractivity contribution < 1.29 is 13.2 Å². The minimum absolute atomic E-state index is 0.272. The molecule has 2 heterocycles. The van der Waals surface area contributed by atoms with Crippen molar-refractivity contribution in [3.05, 3.63) is 48.3 Å². The molecule has 2 aromatic carbocycles. The number of aromatic nitrogens is 2. The highest BCUT2D eigenvalue weighted by Crippen LogP contribution is 2.29. The first kappa shape index (κ1) is 23.5. The normalized spacial score (nSPS) is 15.5. The molecule has 9 heteroatoms. The highest BCUT2D eigenvalue weighted by Gasteiger charge is 2.23. The van der Waals surface area contributed by atoms with Crippen LogP contribution in [0, 0.1) is 0 Å². The van der Waals surface area contributed by atoms with Crippen LogP contribution in [0.3, 0.4) is 0 Å². The molecular weight excluding hydrogens is 438 g/mol. The molecule has 1 aromatic heterocycles. The number of ether oxygens (including phenoxy) is 1. The highest BCUT2D eigenvalue weighted by atomic mass is 32.2. The zero-order chi connectivity index (χ0) is 23.6. The standard InChI is InChI=1S/C24H33N5O3S/c1-5-29-21-12-11-19(33(30,31)26(3)4)17-20(21)25-24(29)18-27-13-15-28(16-14-27)22-9-7-8-10-23(22)32-6-2/h7-12,17H,5-6,13-16,18H2,1-4H3. The lowest BCUT2D eigenvalue weighted by Crippen LogP contribution is -2.46. The zero-order valence-electron chi connectivity index (χ0n) is 19.9. The zero-order valence-corrected chi connectivity index (χ0v) is 20.7. The Morgan fingerprint density at radius 1 is 1.03 bits per heavy atom. The molecule has 4 rings (SSSR count). The van der Waals surface area contributed by atoms with E-state index in [-0.39, 0.29) is 4.90 Å². The van der Waals surface area contributed by atoms with E-state index in [0.29, 0.717) is 6.61 Å². The predicted molar refractivity (Wildman–Crippen MR) is 131 cm³/mol. The van der Waals surface area contributed by atoms with E-state index in [1.807, 2.05) is 25.1 Å². The number of piperazine rings is 1. The van der Waals surface area contributed by atoms with Gasteiger partial charge in [-0.3, -0.25) is 4.90 Å². The first-order valence-electron chi connectivity index (χ1n) is 11.5. The van der Waals surface area contributed by atoms with Crippen LogP contribution in [0.15, 0.2) is 47.4 Å². The minimum Gasteiger partial charge on any atom is -0.492 e. The number of sulfonamides is 1. The molecule has 0 amide bonds. The number of benzene rings is 2. The SMILES string of the molecule is CCOc1ccccc1N1CCN(Cc2nc3cc(S(=O)(=O)N(C)C)ccc3n2CC)CC1. The summed E-state index contributed by atoms with van der Waals surface area (Å²) in [5.41, 5.74) is 2.84. The molecule has 0 radical (unpaired) electrons. The van der Waals surface area contributed by atoms with Gasteiger partial charge in [-0.25, -0.2) is 17.7 Å². The van der Waals surface area contributed by atoms with Crippen LogP contribution in [0.25, 0.3) is 11.0 Å². The lowest BCUT2D eigenvalue weighted by Gasteiger charge is -2.36. The van der Waals surface area contributed by atoms with Crippen molar-refractivity contribution in [2.24, 2.45) is 0 Å². The van der Waals surface area contributed by atoms with Crippen molar-refractivity contribution >= 4 is 26.7 Å². The summed E-state index contributed by atoms with van der Waals surface area (Å²) in [6.45, 7) is 9.96. The summed E-state index contributed by atoms with van der Waals surface area (Å²) in [5.74, 6) is 1.90. The van der Waals surface area contributed by atoms with Crippen molar-refractivity contribution in [2.45, 2.75) is 31.8 Å². The Kier molecular flexibility index (Phi) is 6.92. The number of imidazole rings is 1. The number of anilines is 1. The number of rotatable bonds is 8. The number of aryl methyl sites for hydroxylation is 1. The van der Waals surface area contributed by atoms with Gasteiger partial charge in [0.05, 0.1) is 34.8 Å². The molecule has 0 aliphatic carbocycles. The molecular formula is C24H33N5O3S. The molecule has 1 saturated heterocycles. The fraction of sp³-hybridized carbons (Fsp3) is 0.458. The molecule has 33 heavy (non-hydrogen) atoms. The van der Waals surface area contributed by atoms with Gasteiger partial charge < -0.3 is 14.2 Å². The molecule has 0 unspecified atom stereocenters. The van der Waals surface area contributed by atoms with E-state index in [1.54, 1.807) is 26.2 Å². The summed E-state index contributed by atoms with van der Waals surface area (Å²) < 4.78 is 34.3. The van der Waals surface area contributed by atoms with Crippen molar-refractivity contribution in [2.75, 3.05) is 51.8 Å². The van der Waals surface area contributed by atoms with Crippen LogP contribution in [0.1, 0.15) is 19.7 Å². The maximum Gasteiger partial charge on any atom is 0.242 e. The van der Waals surface area contributed by atoms with Gasteiger partial charge in [0.1, 0.15) is 11.6 Å². The molecule has 1 aliphatic rings. The predicted octanol–water partition coefficient (Wildman–Crippen LogP) is 3.03. The highest BCUT2D eigenvalue weighted by molar-refractivity contribution is 7.89. The first-order valence-corrected chi connectivity index (χ1v) is 12.9. The van der Waals surface area contributed by atoms with Crippen LogP contribution in [-0.2, 0) is 23.1 Å². The van der Waals surface area contributed by atoms with Crippen LogP contribution in [0.4, 0.5) is 5.69 Å². The number of fused-ring (bicyclic) bond motifs is 1. The third-order valence-electron chi connectivity index (χ3n) is 6.14. The summed E-state index contributed by atoms with van der Waals surface area (Å²) in [4.78, 5) is 9.89. The monoisotopic (exact) mass is 471 g/mol. The smallest absolute Gasteiger partial charge is 0.242 e. The average Bonchev–Trinajstić information content (AvgIpc) is 3.16. The topological polar surface area (TPSA) is 70.9 Å². The third kappa shape index (κ3) is 4.71. The maximum absolute atomic E-state index is 12.5. The molecule has 0 bridgehead atoms. The van der Waals surface area contributed by atoms with Crippen molar-refractivity contribution in [3.63, 3.8) is 0 Å². The van der Waals surface area contributed by atoms with E-state index < -0.39 is 10.0 Å². The van der Waals surface area contributed by atoms with Gasteiger partial charge in [-0.05, 0) is 44.2 Å². The Hall–Kier alpha value is -2.62. The van der Waals surface area contributed by atoms with Gasteiger partial charge in [-0.1, -0.05) is 12.1 Å². The Labute approximate surface area is 196 Å². The van der Waals surface area contributed by atoms with E-state index >= 15 is 0 Å². The minimum atomic E-state index is -3.49. The Balaban J connectivity index is 1.51. The molecule has 8 nitrogen and oxygen atoms in total. The fourth-order valence-corrected chi connectivity index (χ4v) is 5.27. The number of nitrogens with zero attached hydrogens (tertiary/aromatic N) is 5. The molecule has 1 aliphatic heterocycles. The largest absolute Gasteiger partial charge is 0.492 e. The molecule has 1 fully saturated rings. The van der Waals surface area contributed by atoms with E-state index in [1.165, 1.54) is 4.31 Å². The van der Waals surface area contributed by atoms with E-state index in [4.69, 9.17) is 9.72 Å². The molecule has 178 valence electrons. The van der Waals surface area contributed by atoms with E-state index in [9.17, 15) is 8.42 Å². The number of hydrogen-bond donors (Lipinski definition) is 0. The third-order valence-corrected chi connectivity index (χ3v) is 7.95. The average molecular weight is 472 g/mol. The maximum atomic E-state index is 12.5. The van der Waals surface area contributed by atoms with Crippen LogP contribution in [0.2, 0.25) is 0 Å². The molecule has 0 atom stereocenters. The Bertz CT molecular complexity index is 1210. The van der Waals surface area contributed by atoms with Gasteiger partial charge in [0.25, 0.3) is 0 Å². The van der Waals surface area contributed by atoms with Crippen LogP contribution in [-0.4, -0.2) is 74.1 Å². The summed E-state index contributed by atoms with van der Waals surface area (Å²) in [7, 11) is -0.401. The Morgan fingerprint density at radius 3 is 2.42 bits per heavy atom. The fourth-order valence-electron chi connectivity index (χ4n) is 4.35. The molecule has 0 spiro atoms. The lowest BCUT2D eigenvalue weighted by atomic mass is 10.2. The van der Waals surface area contributed by atoms with Gasteiger partial charge in [-0.2, -0.15) is 0 Å². The van der Waals surface area contributed by atoms with Crippen LogP contribution < -0.4 is 9.64 Å². The van der Waals surface area contributed by atoms with Gasteiger partial charge in [0, 0.05) is 46.8 Å². The van der Waals surface area contributed by atoms with Crippen LogP contribution in [0.5, 0.6) is 5.75 Å². The Morgan fingerprint density at radius 2 is 1.76 bits per heavy atom. The van der Waals surface area contributed by atoms with Gasteiger partial charge in [0.15, 0.2) is 0 Å². The first-order chi connectivity index (χ1) is 15.8. The van der Waals surface area contributed by atoms with Gasteiger partial charge in [0.2, 0.25) is 10.0 Å². The molecule has 0 N–H and O–H groups in total.